The molecule has 6 nitrogen and oxygen atoms in total. The smallest absolute Gasteiger partial charge is 0.492 e. The van der Waals surface area contributed by atoms with Crippen molar-refractivity contribution in [3.63, 3.8) is 0 Å². The van der Waals surface area contributed by atoms with Crippen molar-refractivity contribution in [1.29, 1.82) is 0 Å². The highest BCUT2D eigenvalue weighted by molar-refractivity contribution is 6.60. The number of benzene rings is 1. The van der Waals surface area contributed by atoms with Gasteiger partial charge in [-0.2, -0.15) is 0 Å². The Bertz CT molecular complexity index is 470. The van der Waals surface area contributed by atoms with Crippen LogP contribution in [0.2, 0.25) is 0 Å². The minimum atomic E-state index is -1.64. The predicted octanol–water partition coefficient (Wildman–Crippen LogP) is -0.311. The molecule has 1 aliphatic rings. The fourth-order valence-corrected chi connectivity index (χ4v) is 2.39. The second kappa shape index (κ2) is 6.01. The second-order valence-electron chi connectivity index (χ2n) is 4.78. The van der Waals surface area contributed by atoms with Crippen LogP contribution in [0.3, 0.4) is 0 Å². The van der Waals surface area contributed by atoms with Crippen molar-refractivity contribution in [2.45, 2.75) is 19.1 Å². The molecule has 0 aliphatic carbocycles. The Morgan fingerprint density at radius 3 is 2.35 bits per heavy atom. The molecule has 2 N–H and O–H groups in total. The summed E-state index contributed by atoms with van der Waals surface area (Å²) in [5.41, 5.74) is 0.953. The fraction of sp³-hybridized carbons (Fsp3) is 0.538. The molecule has 7 heteroatoms. The van der Waals surface area contributed by atoms with Gasteiger partial charge in [0.15, 0.2) is 5.79 Å². The van der Waals surface area contributed by atoms with Crippen LogP contribution in [0.1, 0.15) is 12.5 Å². The van der Waals surface area contributed by atoms with E-state index >= 15 is 0 Å². The van der Waals surface area contributed by atoms with Gasteiger partial charge in [-0.15, -0.1) is 0 Å². The highest BCUT2D eigenvalue weighted by atomic mass is 16.7. The molecule has 1 saturated heterocycles. The van der Waals surface area contributed by atoms with Gasteiger partial charge in [0, 0.05) is 17.9 Å². The van der Waals surface area contributed by atoms with E-state index in [0.29, 0.717) is 42.2 Å². The van der Waals surface area contributed by atoms with Crippen LogP contribution in [0.25, 0.3) is 0 Å². The van der Waals surface area contributed by atoms with Crippen molar-refractivity contribution < 1.29 is 29.0 Å². The first kappa shape index (κ1) is 15.1. The minimum absolute atomic E-state index is 0.300. The lowest BCUT2D eigenvalue weighted by atomic mass is 9.74. The van der Waals surface area contributed by atoms with Crippen molar-refractivity contribution in [3.8, 4) is 11.5 Å². The number of hydrogen-bond donors (Lipinski definition) is 2. The number of ether oxygens (including phenoxy) is 4. The van der Waals surface area contributed by atoms with Crippen LogP contribution < -0.4 is 14.9 Å². The first-order chi connectivity index (χ1) is 9.49. The fourth-order valence-electron chi connectivity index (χ4n) is 2.39. The lowest BCUT2D eigenvalue weighted by Crippen LogP contribution is -2.38. The highest BCUT2D eigenvalue weighted by Crippen LogP contribution is 2.27. The third-order valence-corrected chi connectivity index (χ3v) is 3.32. The molecule has 0 bridgehead atoms. The van der Waals surface area contributed by atoms with Gasteiger partial charge in [0.25, 0.3) is 0 Å². The van der Waals surface area contributed by atoms with Crippen molar-refractivity contribution in [2.24, 2.45) is 0 Å². The van der Waals surface area contributed by atoms with E-state index in [1.165, 1.54) is 14.2 Å². The van der Waals surface area contributed by atoms with Crippen LogP contribution in [0.15, 0.2) is 12.1 Å². The summed E-state index contributed by atoms with van der Waals surface area (Å²) in [6.07, 6.45) is 0.369. The second-order valence-corrected chi connectivity index (χ2v) is 4.78. The van der Waals surface area contributed by atoms with Crippen LogP contribution in [0.5, 0.6) is 11.5 Å². The van der Waals surface area contributed by atoms with Crippen molar-refractivity contribution in [1.82, 2.24) is 0 Å². The summed E-state index contributed by atoms with van der Waals surface area (Å²) in [5, 5.41) is 19.2. The summed E-state index contributed by atoms with van der Waals surface area (Å²) in [6.45, 7) is 2.86. The normalized spacial score (nSPS) is 17.1. The Morgan fingerprint density at radius 2 is 1.85 bits per heavy atom. The predicted molar refractivity (Wildman–Crippen MR) is 73.4 cm³/mol. The van der Waals surface area contributed by atoms with E-state index in [1.54, 1.807) is 12.1 Å². The summed E-state index contributed by atoms with van der Waals surface area (Å²) < 4.78 is 21.5. The van der Waals surface area contributed by atoms with Crippen LogP contribution in [0, 0.1) is 0 Å². The van der Waals surface area contributed by atoms with Crippen LogP contribution in [0.4, 0.5) is 0 Å². The first-order valence-corrected chi connectivity index (χ1v) is 6.38. The molecule has 0 atom stereocenters. The van der Waals surface area contributed by atoms with E-state index in [1.807, 2.05) is 6.92 Å². The van der Waals surface area contributed by atoms with Crippen molar-refractivity contribution in [2.75, 3.05) is 27.4 Å². The van der Waals surface area contributed by atoms with E-state index in [2.05, 4.69) is 0 Å². The molecule has 2 rings (SSSR count). The molecule has 0 aromatic heterocycles. The molecular formula is C13H19BO6. The average molecular weight is 282 g/mol. The number of hydrogen-bond acceptors (Lipinski definition) is 6. The van der Waals surface area contributed by atoms with E-state index in [4.69, 9.17) is 18.9 Å². The van der Waals surface area contributed by atoms with Gasteiger partial charge in [0.2, 0.25) is 0 Å². The Kier molecular flexibility index (Phi) is 4.54. The molecule has 0 saturated carbocycles. The van der Waals surface area contributed by atoms with Crippen molar-refractivity contribution >= 4 is 12.6 Å². The summed E-state index contributed by atoms with van der Waals surface area (Å²) in [7, 11) is 1.36. The molecular weight excluding hydrogens is 263 g/mol. The van der Waals surface area contributed by atoms with Crippen LogP contribution in [-0.4, -0.2) is 50.4 Å². The van der Waals surface area contributed by atoms with Crippen molar-refractivity contribution in [3.05, 3.63) is 17.7 Å². The summed E-state index contributed by atoms with van der Waals surface area (Å²) in [5.74, 6) is 0.153. The maximum atomic E-state index is 9.59. The molecule has 1 aromatic carbocycles. The van der Waals surface area contributed by atoms with Gasteiger partial charge in [0.1, 0.15) is 11.5 Å². The van der Waals surface area contributed by atoms with E-state index in [9.17, 15) is 10.0 Å². The molecule has 1 fully saturated rings. The van der Waals surface area contributed by atoms with E-state index in [-0.39, 0.29) is 0 Å². The molecule has 1 aliphatic heterocycles. The maximum Gasteiger partial charge on any atom is 0.492 e. The van der Waals surface area contributed by atoms with E-state index in [0.717, 1.165) is 0 Å². The Morgan fingerprint density at radius 1 is 1.20 bits per heavy atom. The molecule has 0 radical (unpaired) electrons. The first-order valence-electron chi connectivity index (χ1n) is 6.38. The van der Waals surface area contributed by atoms with Gasteiger partial charge in [0.05, 0.1) is 27.4 Å². The Hall–Kier alpha value is -1.28. The molecule has 1 heterocycles. The summed E-state index contributed by atoms with van der Waals surface area (Å²) in [6, 6.07) is 3.34. The van der Waals surface area contributed by atoms with Gasteiger partial charge < -0.3 is 29.0 Å². The third kappa shape index (κ3) is 3.07. The summed E-state index contributed by atoms with van der Waals surface area (Å²) >= 11 is 0. The monoisotopic (exact) mass is 282 g/mol. The number of methoxy groups -OCH3 is 2. The Labute approximate surface area is 118 Å². The highest BCUT2D eigenvalue weighted by Gasteiger charge is 2.34. The van der Waals surface area contributed by atoms with Gasteiger partial charge in [-0.3, -0.25) is 0 Å². The zero-order valence-corrected chi connectivity index (χ0v) is 11.9. The maximum absolute atomic E-state index is 9.59. The van der Waals surface area contributed by atoms with Gasteiger partial charge in [-0.1, -0.05) is 0 Å². The third-order valence-electron chi connectivity index (χ3n) is 3.32. The zero-order valence-electron chi connectivity index (χ0n) is 11.9. The minimum Gasteiger partial charge on any atom is -0.497 e. The van der Waals surface area contributed by atoms with Crippen LogP contribution in [-0.2, 0) is 15.9 Å². The lowest BCUT2D eigenvalue weighted by Gasteiger charge is -2.24. The molecule has 0 unspecified atom stereocenters. The Balaban J connectivity index is 2.42. The molecule has 0 amide bonds. The largest absolute Gasteiger partial charge is 0.497 e. The van der Waals surface area contributed by atoms with Gasteiger partial charge >= 0.3 is 7.12 Å². The van der Waals surface area contributed by atoms with Crippen LogP contribution >= 0.6 is 0 Å². The molecule has 1 aromatic rings. The lowest BCUT2D eigenvalue weighted by molar-refractivity contribution is -0.140. The van der Waals surface area contributed by atoms with Gasteiger partial charge in [-0.05, 0) is 18.6 Å². The topological polar surface area (TPSA) is 77.4 Å². The molecule has 20 heavy (non-hydrogen) atoms. The molecule has 110 valence electrons. The number of rotatable bonds is 5. The summed E-state index contributed by atoms with van der Waals surface area (Å²) in [4.78, 5) is 0. The van der Waals surface area contributed by atoms with Gasteiger partial charge in [-0.25, -0.2) is 0 Å². The standard InChI is InChI=1S/C13H19BO6/c1-13(19-4-5-20-13)8-9-6-10(17-2)7-11(18-3)12(9)14(15)16/h6-7,15-16H,4-5,8H2,1-3H3. The average Bonchev–Trinajstić information content (AvgIpc) is 2.83. The van der Waals surface area contributed by atoms with E-state index < -0.39 is 12.9 Å². The molecule has 0 spiro atoms. The SMILES string of the molecule is COc1cc(CC2(C)OCCO2)c(B(O)O)c(OC)c1. The quantitative estimate of drug-likeness (QED) is 0.721. The zero-order chi connectivity index (χ0) is 14.8.